The number of halogens is 2. The number of hydrogen-bond acceptors (Lipinski definition) is 5. The number of anilines is 1. The highest BCUT2D eigenvalue weighted by atomic mass is 35.5. The quantitative estimate of drug-likeness (QED) is 0.475. The molecule has 0 aliphatic heterocycles. The van der Waals surface area contributed by atoms with Gasteiger partial charge in [-0.05, 0) is 55.8 Å². The highest BCUT2D eigenvalue weighted by molar-refractivity contribution is 6.31. The van der Waals surface area contributed by atoms with Crippen molar-refractivity contribution in [1.82, 2.24) is 5.32 Å². The molecule has 0 spiro atoms. The lowest BCUT2D eigenvalue weighted by molar-refractivity contribution is -0.155. The number of ether oxygens (including phenoxy) is 2. The average molecular weight is 449 g/mol. The first-order valence-corrected chi connectivity index (χ1v) is 9.66. The largest absolute Gasteiger partial charge is 0.497 e. The molecule has 164 valence electrons. The molecule has 2 aromatic carbocycles. The van der Waals surface area contributed by atoms with E-state index in [9.17, 15) is 18.8 Å². The third kappa shape index (κ3) is 7.42. The SMILES string of the molecule is COc1ccc(/C=C/C(=O)N[C@@H](C)C(=O)O[C@@H](C)C(=O)Nc2ccc(F)c(Cl)c2)cc1. The molecule has 2 aromatic rings. The molecule has 0 bridgehead atoms. The molecular weight excluding hydrogens is 427 g/mol. The van der Waals surface area contributed by atoms with E-state index < -0.39 is 35.7 Å². The van der Waals surface area contributed by atoms with E-state index in [-0.39, 0.29) is 10.7 Å². The lowest BCUT2D eigenvalue weighted by atomic mass is 10.2. The van der Waals surface area contributed by atoms with Gasteiger partial charge in [-0.1, -0.05) is 23.7 Å². The van der Waals surface area contributed by atoms with Crippen LogP contribution in [-0.4, -0.2) is 37.0 Å². The van der Waals surface area contributed by atoms with Gasteiger partial charge in [0.2, 0.25) is 5.91 Å². The van der Waals surface area contributed by atoms with Gasteiger partial charge in [-0.2, -0.15) is 0 Å². The zero-order valence-corrected chi connectivity index (χ0v) is 17.9. The highest BCUT2D eigenvalue weighted by Gasteiger charge is 2.23. The number of carbonyl (C=O) groups excluding carboxylic acids is 3. The third-order valence-corrected chi connectivity index (χ3v) is 4.39. The zero-order valence-electron chi connectivity index (χ0n) is 17.1. The number of esters is 1. The number of amides is 2. The molecule has 0 radical (unpaired) electrons. The normalized spacial score (nSPS) is 12.7. The Bertz CT molecular complexity index is 978. The lowest BCUT2D eigenvalue weighted by Crippen LogP contribution is -2.41. The van der Waals surface area contributed by atoms with E-state index >= 15 is 0 Å². The van der Waals surface area contributed by atoms with E-state index in [1.165, 1.54) is 32.1 Å². The summed E-state index contributed by atoms with van der Waals surface area (Å²) in [6.45, 7) is 2.81. The van der Waals surface area contributed by atoms with Crippen LogP contribution in [0.25, 0.3) is 6.08 Å². The van der Waals surface area contributed by atoms with Gasteiger partial charge in [0.15, 0.2) is 6.10 Å². The van der Waals surface area contributed by atoms with E-state index in [0.29, 0.717) is 5.75 Å². The van der Waals surface area contributed by atoms with Crippen molar-refractivity contribution in [2.24, 2.45) is 0 Å². The van der Waals surface area contributed by atoms with Gasteiger partial charge in [0.1, 0.15) is 17.6 Å². The van der Waals surface area contributed by atoms with Gasteiger partial charge in [0.25, 0.3) is 5.91 Å². The maximum atomic E-state index is 13.2. The molecule has 0 aromatic heterocycles. The van der Waals surface area contributed by atoms with E-state index in [0.717, 1.165) is 11.6 Å². The molecule has 0 fully saturated rings. The molecule has 0 saturated heterocycles. The van der Waals surface area contributed by atoms with Crippen LogP contribution >= 0.6 is 11.6 Å². The molecule has 2 rings (SSSR count). The van der Waals surface area contributed by atoms with E-state index in [2.05, 4.69) is 10.6 Å². The van der Waals surface area contributed by atoms with E-state index in [1.807, 2.05) is 0 Å². The fourth-order valence-electron chi connectivity index (χ4n) is 2.35. The standard InChI is InChI=1S/C22H22ClFN2O5/c1-13(25-20(27)11-6-15-4-8-17(30-3)9-5-15)22(29)31-14(2)21(28)26-16-7-10-19(24)18(23)12-16/h4-14H,1-3H3,(H,25,27)(H,26,28)/b11-6+/t13-,14-/m0/s1. The maximum absolute atomic E-state index is 13.2. The van der Waals surface area contributed by atoms with Crippen molar-refractivity contribution in [1.29, 1.82) is 0 Å². The molecule has 0 aliphatic carbocycles. The first kappa shape index (κ1) is 23.9. The second kappa shape index (κ2) is 11.1. The van der Waals surface area contributed by atoms with Crippen molar-refractivity contribution in [3.63, 3.8) is 0 Å². The average Bonchev–Trinajstić information content (AvgIpc) is 2.75. The molecule has 2 N–H and O–H groups in total. The van der Waals surface area contributed by atoms with Gasteiger partial charge >= 0.3 is 5.97 Å². The number of nitrogens with one attached hydrogen (secondary N) is 2. The zero-order chi connectivity index (χ0) is 23.0. The third-order valence-electron chi connectivity index (χ3n) is 4.10. The number of hydrogen-bond donors (Lipinski definition) is 2. The first-order valence-electron chi connectivity index (χ1n) is 9.28. The van der Waals surface area contributed by atoms with Crippen LogP contribution in [0.2, 0.25) is 5.02 Å². The summed E-state index contributed by atoms with van der Waals surface area (Å²) in [4.78, 5) is 36.3. The van der Waals surface area contributed by atoms with Crippen molar-refractivity contribution >= 4 is 41.1 Å². The maximum Gasteiger partial charge on any atom is 0.329 e. The predicted molar refractivity (Wildman–Crippen MR) is 115 cm³/mol. The Labute approximate surface area is 184 Å². The number of benzene rings is 2. The lowest BCUT2D eigenvalue weighted by Gasteiger charge is -2.17. The van der Waals surface area contributed by atoms with Gasteiger partial charge < -0.3 is 20.1 Å². The van der Waals surface area contributed by atoms with Gasteiger partial charge in [-0.25, -0.2) is 9.18 Å². The molecule has 0 saturated carbocycles. The van der Waals surface area contributed by atoms with E-state index in [4.69, 9.17) is 21.1 Å². The van der Waals surface area contributed by atoms with Crippen LogP contribution in [0.1, 0.15) is 19.4 Å². The topological polar surface area (TPSA) is 93.7 Å². The Balaban J connectivity index is 1.84. The molecule has 0 unspecified atom stereocenters. The molecule has 7 nitrogen and oxygen atoms in total. The number of rotatable bonds is 8. The monoisotopic (exact) mass is 448 g/mol. The second-order valence-corrected chi connectivity index (χ2v) is 6.94. The van der Waals surface area contributed by atoms with Crippen LogP contribution in [-0.2, 0) is 19.1 Å². The number of methoxy groups -OCH3 is 1. The number of carbonyl (C=O) groups is 3. The molecular formula is C22H22ClFN2O5. The first-order chi connectivity index (χ1) is 14.7. The summed E-state index contributed by atoms with van der Waals surface area (Å²) in [5, 5.41) is 4.78. The minimum Gasteiger partial charge on any atom is -0.497 e. The summed E-state index contributed by atoms with van der Waals surface area (Å²) in [5.74, 6) is -1.85. The Morgan fingerprint density at radius 2 is 1.77 bits per heavy atom. The summed E-state index contributed by atoms with van der Waals surface area (Å²) in [6.07, 6.45) is 1.71. The fraction of sp³-hybridized carbons (Fsp3) is 0.227. The minimum atomic E-state index is -1.15. The van der Waals surface area contributed by atoms with Crippen LogP contribution in [0.4, 0.5) is 10.1 Å². The van der Waals surface area contributed by atoms with Crippen LogP contribution in [0.3, 0.4) is 0 Å². The Kier molecular flexibility index (Phi) is 8.57. The second-order valence-electron chi connectivity index (χ2n) is 6.53. The Morgan fingerprint density at radius 1 is 1.10 bits per heavy atom. The Hall–Kier alpha value is -3.39. The summed E-state index contributed by atoms with van der Waals surface area (Å²) < 4.78 is 23.3. The van der Waals surface area contributed by atoms with Crippen LogP contribution < -0.4 is 15.4 Å². The van der Waals surface area contributed by atoms with Crippen LogP contribution in [0, 0.1) is 5.82 Å². The molecule has 31 heavy (non-hydrogen) atoms. The van der Waals surface area contributed by atoms with Crippen molar-refractivity contribution in [3.05, 3.63) is 64.9 Å². The van der Waals surface area contributed by atoms with Gasteiger partial charge in [-0.3, -0.25) is 9.59 Å². The molecule has 2 atom stereocenters. The molecule has 0 heterocycles. The predicted octanol–water partition coefficient (Wildman–Crippen LogP) is 3.58. The van der Waals surface area contributed by atoms with E-state index in [1.54, 1.807) is 37.5 Å². The summed E-state index contributed by atoms with van der Waals surface area (Å²) >= 11 is 5.67. The smallest absolute Gasteiger partial charge is 0.329 e. The Morgan fingerprint density at radius 3 is 2.39 bits per heavy atom. The summed E-state index contributed by atoms with van der Waals surface area (Å²) in [6, 6.07) is 9.74. The van der Waals surface area contributed by atoms with Crippen molar-refractivity contribution in [2.45, 2.75) is 26.0 Å². The summed E-state index contributed by atoms with van der Waals surface area (Å²) in [5.41, 5.74) is 1.03. The van der Waals surface area contributed by atoms with Crippen LogP contribution in [0.5, 0.6) is 5.75 Å². The molecule has 0 aliphatic rings. The summed E-state index contributed by atoms with van der Waals surface area (Å²) in [7, 11) is 1.56. The fourth-order valence-corrected chi connectivity index (χ4v) is 2.54. The molecule has 2 amide bonds. The molecule has 9 heteroatoms. The highest BCUT2D eigenvalue weighted by Crippen LogP contribution is 2.19. The van der Waals surface area contributed by atoms with Gasteiger partial charge in [-0.15, -0.1) is 0 Å². The van der Waals surface area contributed by atoms with Crippen molar-refractivity contribution in [2.75, 3.05) is 12.4 Å². The van der Waals surface area contributed by atoms with Gasteiger partial charge in [0.05, 0.1) is 12.1 Å². The minimum absolute atomic E-state index is 0.151. The van der Waals surface area contributed by atoms with Crippen molar-refractivity contribution in [3.8, 4) is 5.75 Å². The van der Waals surface area contributed by atoms with Crippen molar-refractivity contribution < 1.29 is 28.2 Å². The van der Waals surface area contributed by atoms with Gasteiger partial charge in [0, 0.05) is 11.8 Å². The van der Waals surface area contributed by atoms with Crippen LogP contribution in [0.15, 0.2) is 48.5 Å².